The van der Waals surface area contributed by atoms with Gasteiger partial charge in [-0.1, -0.05) is 13.8 Å². The fraction of sp³-hybridized carbons (Fsp3) is 0.700. The molecule has 80 valence electrons. The van der Waals surface area contributed by atoms with Gasteiger partial charge in [0, 0.05) is 19.7 Å². The van der Waals surface area contributed by atoms with Crippen LogP contribution < -0.4 is 11.1 Å². The lowest BCUT2D eigenvalue weighted by molar-refractivity contribution is 0.404. The Morgan fingerprint density at radius 2 is 2.21 bits per heavy atom. The van der Waals surface area contributed by atoms with Crippen LogP contribution in [0.4, 0.5) is 5.82 Å². The molecule has 14 heavy (non-hydrogen) atoms. The molecule has 1 heterocycles. The summed E-state index contributed by atoms with van der Waals surface area (Å²) in [4.78, 5) is 0. The minimum Gasteiger partial charge on any atom is -0.370 e. The minimum atomic E-state index is 0.123. The van der Waals surface area contributed by atoms with Gasteiger partial charge in [0.05, 0.1) is 5.69 Å². The van der Waals surface area contributed by atoms with E-state index in [4.69, 9.17) is 5.73 Å². The van der Waals surface area contributed by atoms with Crippen molar-refractivity contribution >= 4 is 5.82 Å². The van der Waals surface area contributed by atoms with E-state index < -0.39 is 0 Å². The summed E-state index contributed by atoms with van der Waals surface area (Å²) < 4.78 is 1.85. The molecule has 0 amide bonds. The fourth-order valence-corrected chi connectivity index (χ4v) is 1.18. The van der Waals surface area contributed by atoms with E-state index in [9.17, 15) is 0 Å². The van der Waals surface area contributed by atoms with Crippen molar-refractivity contribution in [2.24, 2.45) is 18.2 Å². The lowest BCUT2D eigenvalue weighted by atomic mass is 9.94. The van der Waals surface area contributed by atoms with Gasteiger partial charge in [0.2, 0.25) is 0 Å². The molecule has 4 nitrogen and oxygen atoms in total. The summed E-state index contributed by atoms with van der Waals surface area (Å²) in [6.07, 6.45) is 0. The first-order valence-electron chi connectivity index (χ1n) is 4.89. The summed E-state index contributed by atoms with van der Waals surface area (Å²) in [7, 11) is 1.94. The molecular weight excluding hydrogens is 176 g/mol. The van der Waals surface area contributed by atoms with Gasteiger partial charge in [0.25, 0.3) is 0 Å². The molecule has 0 radical (unpaired) electrons. The first-order chi connectivity index (χ1) is 6.44. The number of aryl methyl sites for hydroxylation is 2. The molecule has 4 heteroatoms. The molecule has 0 bridgehead atoms. The monoisotopic (exact) mass is 196 g/mol. The molecule has 0 saturated heterocycles. The third-order valence-corrected chi connectivity index (χ3v) is 2.30. The van der Waals surface area contributed by atoms with Gasteiger partial charge in [-0.05, 0) is 18.9 Å². The van der Waals surface area contributed by atoms with Gasteiger partial charge < -0.3 is 11.1 Å². The highest BCUT2D eigenvalue weighted by molar-refractivity contribution is 5.36. The van der Waals surface area contributed by atoms with E-state index in [2.05, 4.69) is 24.3 Å². The molecule has 1 aromatic heterocycles. The summed E-state index contributed by atoms with van der Waals surface area (Å²) in [5, 5.41) is 7.61. The molecule has 0 unspecified atom stereocenters. The molecular formula is C10H20N4. The Kier molecular flexibility index (Phi) is 3.16. The number of anilines is 1. The zero-order valence-corrected chi connectivity index (χ0v) is 9.46. The second-order valence-corrected chi connectivity index (χ2v) is 4.52. The van der Waals surface area contributed by atoms with E-state index >= 15 is 0 Å². The molecule has 0 saturated carbocycles. The van der Waals surface area contributed by atoms with Gasteiger partial charge in [0.15, 0.2) is 0 Å². The Balaban J connectivity index is 2.58. The van der Waals surface area contributed by atoms with Crippen LogP contribution in [0.3, 0.4) is 0 Å². The van der Waals surface area contributed by atoms with Crippen molar-refractivity contribution in [1.82, 2.24) is 9.78 Å². The first kappa shape index (κ1) is 11.0. The normalized spacial score (nSPS) is 11.8. The zero-order chi connectivity index (χ0) is 10.8. The minimum absolute atomic E-state index is 0.123. The summed E-state index contributed by atoms with van der Waals surface area (Å²) in [6.45, 7) is 7.81. The SMILES string of the molecule is Cc1cc(NCC(C)(C)CN)n(C)n1. The van der Waals surface area contributed by atoms with Crippen LogP contribution in [0.25, 0.3) is 0 Å². The van der Waals surface area contributed by atoms with Gasteiger partial charge in [-0.3, -0.25) is 4.68 Å². The zero-order valence-electron chi connectivity index (χ0n) is 9.46. The van der Waals surface area contributed by atoms with E-state index in [0.717, 1.165) is 18.1 Å². The fourth-order valence-electron chi connectivity index (χ4n) is 1.18. The van der Waals surface area contributed by atoms with Crippen LogP contribution in [0.15, 0.2) is 6.07 Å². The number of nitrogens with two attached hydrogens (primary N) is 1. The lowest BCUT2D eigenvalue weighted by Crippen LogP contribution is -2.31. The largest absolute Gasteiger partial charge is 0.370 e. The molecule has 0 spiro atoms. The van der Waals surface area contributed by atoms with Crippen LogP contribution in [-0.2, 0) is 7.05 Å². The molecule has 0 aromatic carbocycles. The molecule has 0 aliphatic carbocycles. The van der Waals surface area contributed by atoms with Gasteiger partial charge in [-0.15, -0.1) is 0 Å². The Bertz CT molecular complexity index is 301. The van der Waals surface area contributed by atoms with Crippen LogP contribution in [-0.4, -0.2) is 22.9 Å². The molecule has 0 aliphatic rings. The maximum atomic E-state index is 5.65. The highest BCUT2D eigenvalue weighted by Crippen LogP contribution is 2.15. The Labute approximate surface area is 85.5 Å². The number of nitrogens with zero attached hydrogens (tertiary/aromatic N) is 2. The van der Waals surface area contributed by atoms with Gasteiger partial charge in [-0.2, -0.15) is 5.10 Å². The molecule has 0 atom stereocenters. The van der Waals surface area contributed by atoms with Crippen LogP contribution >= 0.6 is 0 Å². The van der Waals surface area contributed by atoms with Crippen molar-refractivity contribution < 1.29 is 0 Å². The summed E-state index contributed by atoms with van der Waals surface area (Å²) in [6, 6.07) is 2.03. The smallest absolute Gasteiger partial charge is 0.124 e. The summed E-state index contributed by atoms with van der Waals surface area (Å²) >= 11 is 0. The predicted octanol–water partition coefficient (Wildman–Crippen LogP) is 1.13. The van der Waals surface area contributed by atoms with Crippen molar-refractivity contribution in [3.63, 3.8) is 0 Å². The van der Waals surface area contributed by atoms with Crippen molar-refractivity contribution in [2.45, 2.75) is 20.8 Å². The topological polar surface area (TPSA) is 55.9 Å². The molecule has 1 rings (SSSR count). The quantitative estimate of drug-likeness (QED) is 0.759. The first-order valence-corrected chi connectivity index (χ1v) is 4.89. The third kappa shape index (κ3) is 2.73. The molecule has 1 aromatic rings. The molecule has 0 aliphatic heterocycles. The van der Waals surface area contributed by atoms with Crippen LogP contribution in [0.2, 0.25) is 0 Å². The van der Waals surface area contributed by atoms with E-state index in [1.54, 1.807) is 0 Å². The Morgan fingerprint density at radius 3 is 2.64 bits per heavy atom. The van der Waals surface area contributed by atoms with E-state index in [1.807, 2.05) is 24.7 Å². The summed E-state index contributed by atoms with van der Waals surface area (Å²) in [5.74, 6) is 1.05. The van der Waals surface area contributed by atoms with Crippen molar-refractivity contribution in [3.8, 4) is 0 Å². The van der Waals surface area contributed by atoms with Crippen LogP contribution in [0.5, 0.6) is 0 Å². The highest BCUT2D eigenvalue weighted by atomic mass is 15.3. The van der Waals surface area contributed by atoms with Crippen molar-refractivity contribution in [2.75, 3.05) is 18.4 Å². The second kappa shape index (κ2) is 4.00. The standard InChI is InChI=1S/C10H20N4/c1-8-5-9(14(4)13-8)12-7-10(2,3)6-11/h5,12H,6-7,11H2,1-4H3. The third-order valence-electron chi connectivity index (χ3n) is 2.30. The Hall–Kier alpha value is -1.03. The number of nitrogens with one attached hydrogen (secondary N) is 1. The number of hydrogen-bond donors (Lipinski definition) is 2. The van der Waals surface area contributed by atoms with Gasteiger partial charge in [-0.25, -0.2) is 0 Å². The summed E-state index contributed by atoms with van der Waals surface area (Å²) in [5.41, 5.74) is 6.80. The van der Waals surface area contributed by atoms with E-state index in [-0.39, 0.29) is 5.41 Å². The maximum absolute atomic E-state index is 5.65. The number of rotatable bonds is 4. The predicted molar refractivity (Wildman–Crippen MR) is 59.3 cm³/mol. The average molecular weight is 196 g/mol. The van der Waals surface area contributed by atoms with Crippen molar-refractivity contribution in [3.05, 3.63) is 11.8 Å². The average Bonchev–Trinajstić information content (AvgIpc) is 2.42. The van der Waals surface area contributed by atoms with Crippen LogP contribution in [0, 0.1) is 12.3 Å². The number of hydrogen-bond acceptors (Lipinski definition) is 3. The lowest BCUT2D eigenvalue weighted by Gasteiger charge is -2.23. The number of aromatic nitrogens is 2. The van der Waals surface area contributed by atoms with Crippen LogP contribution in [0.1, 0.15) is 19.5 Å². The van der Waals surface area contributed by atoms with E-state index in [1.165, 1.54) is 0 Å². The maximum Gasteiger partial charge on any atom is 0.124 e. The van der Waals surface area contributed by atoms with E-state index in [0.29, 0.717) is 6.54 Å². The highest BCUT2D eigenvalue weighted by Gasteiger charge is 2.15. The Morgan fingerprint density at radius 1 is 1.57 bits per heavy atom. The van der Waals surface area contributed by atoms with Gasteiger partial charge in [0.1, 0.15) is 5.82 Å². The second-order valence-electron chi connectivity index (χ2n) is 4.52. The molecule has 0 fully saturated rings. The van der Waals surface area contributed by atoms with Gasteiger partial charge >= 0.3 is 0 Å². The molecule has 3 N–H and O–H groups in total. The van der Waals surface area contributed by atoms with Crippen molar-refractivity contribution in [1.29, 1.82) is 0 Å².